The van der Waals surface area contributed by atoms with Crippen molar-refractivity contribution in [3.8, 4) is 0 Å². The summed E-state index contributed by atoms with van der Waals surface area (Å²) in [5, 5.41) is 0. The van der Waals surface area contributed by atoms with E-state index in [-0.39, 0.29) is 25.8 Å². The maximum atomic E-state index is 2.40. The molecule has 0 amide bonds. The zero-order chi connectivity index (χ0) is 17.9. The van der Waals surface area contributed by atoms with Gasteiger partial charge in [0, 0.05) is 51.5 Å². The molecule has 0 saturated carbocycles. The minimum atomic E-state index is -0.862. The van der Waals surface area contributed by atoms with Gasteiger partial charge in [-0.1, -0.05) is 64.5 Å². The van der Waals surface area contributed by atoms with Gasteiger partial charge in [-0.15, -0.1) is 0 Å². The van der Waals surface area contributed by atoms with Crippen LogP contribution in [0.1, 0.15) is 11.1 Å². The van der Waals surface area contributed by atoms with Crippen molar-refractivity contribution in [1.82, 2.24) is 0 Å². The molecule has 0 aliphatic heterocycles. The van der Waals surface area contributed by atoms with Gasteiger partial charge < -0.3 is 0 Å². The fourth-order valence-corrected chi connectivity index (χ4v) is 5.21. The van der Waals surface area contributed by atoms with Gasteiger partial charge in [-0.2, -0.15) is 35.4 Å². The van der Waals surface area contributed by atoms with Crippen LogP contribution >= 0.6 is 0 Å². The fourth-order valence-electron chi connectivity index (χ4n) is 2.29. The number of hydrogen-bond acceptors (Lipinski definition) is 0. The maximum Gasteiger partial charge on any atom is 0.0371 e. The average Bonchev–Trinajstić information content (AvgIpc) is 3.00. The first-order chi connectivity index (χ1) is 10.6. The molecule has 0 aliphatic rings. The summed E-state index contributed by atoms with van der Waals surface area (Å²) in [4.78, 5) is 0. The predicted molar refractivity (Wildman–Crippen MR) is 117 cm³/mol. The molecule has 135 valence electrons. The van der Waals surface area contributed by atoms with E-state index in [0.29, 0.717) is 0 Å². The van der Waals surface area contributed by atoms with E-state index < -0.39 is 16.1 Å². The molecule has 0 nitrogen and oxygen atoms in total. The molecule has 0 atom stereocenters. The zero-order valence-electron chi connectivity index (χ0n) is 17.1. The molecular formula is C20H37HfSi3-2. The average molecular weight is 540 g/mol. The van der Waals surface area contributed by atoms with E-state index in [9.17, 15) is 0 Å². The molecule has 2 aromatic rings. The Kier molecular flexibility index (Phi) is 14.8. The second kappa shape index (κ2) is 13.4. The zero-order valence-corrected chi connectivity index (χ0v) is 23.9. The third kappa shape index (κ3) is 17.1. The molecule has 0 bridgehead atoms. The van der Waals surface area contributed by atoms with Crippen LogP contribution in [0.15, 0.2) is 48.5 Å². The topological polar surface area (TPSA) is 0 Å². The second-order valence-electron chi connectivity index (χ2n) is 8.64. The molecule has 0 unspecified atom stereocenters. The molecule has 0 aromatic heterocycles. The maximum absolute atomic E-state index is 2.40. The van der Waals surface area contributed by atoms with Crippen LogP contribution in [-0.2, 0) is 37.9 Å². The monoisotopic (exact) mass is 541 g/mol. The molecule has 0 heterocycles. The van der Waals surface area contributed by atoms with Gasteiger partial charge in [-0.05, 0) is 0 Å². The van der Waals surface area contributed by atoms with Gasteiger partial charge in [0.15, 0.2) is 0 Å². The Morgan fingerprint density at radius 1 is 0.625 bits per heavy atom. The Bertz CT molecular complexity index is 428. The third-order valence-electron chi connectivity index (χ3n) is 2.93. The fraction of sp³-hybridized carbons (Fsp3) is 0.500. The number of rotatable bonds is 4. The Balaban J connectivity index is 0. The van der Waals surface area contributed by atoms with Crippen LogP contribution in [0.3, 0.4) is 0 Å². The predicted octanol–water partition coefficient (Wildman–Crippen LogP) is 6.17. The van der Waals surface area contributed by atoms with Crippen molar-refractivity contribution in [3.63, 3.8) is 0 Å². The van der Waals surface area contributed by atoms with Gasteiger partial charge >= 0.3 is 0 Å². The van der Waals surface area contributed by atoms with Gasteiger partial charge in [0.25, 0.3) is 0 Å². The third-order valence-corrected chi connectivity index (χ3v) is 5.87. The Hall–Kier alpha value is 0.221. The summed E-state index contributed by atoms with van der Waals surface area (Å²) in [6.07, 6.45) is 0. The summed E-state index contributed by atoms with van der Waals surface area (Å²) >= 11 is 0. The van der Waals surface area contributed by atoms with Crippen LogP contribution < -0.4 is 0 Å². The molecule has 2 aromatic carbocycles. The molecule has 0 saturated heterocycles. The second-order valence-corrected chi connectivity index (χ2v) is 20.7. The van der Waals surface area contributed by atoms with Crippen LogP contribution in [0.5, 0.6) is 0 Å². The Labute approximate surface area is 174 Å². The Morgan fingerprint density at radius 2 is 0.833 bits per heavy atom. The van der Waals surface area contributed by atoms with Crippen LogP contribution in [0.25, 0.3) is 0 Å². The molecule has 0 N–H and O–H groups in total. The smallest absolute Gasteiger partial charge is 0.0371 e. The first-order valence-electron chi connectivity index (χ1n) is 8.72. The van der Waals surface area contributed by atoms with Crippen LogP contribution in [0.2, 0.25) is 52.4 Å². The minimum absolute atomic E-state index is 0. The summed E-state index contributed by atoms with van der Waals surface area (Å²) in [5.41, 5.74) is 3.03. The molecule has 1 radical (unpaired) electrons. The van der Waals surface area contributed by atoms with Gasteiger partial charge in [-0.25, -0.2) is 24.3 Å². The van der Waals surface area contributed by atoms with Crippen molar-refractivity contribution >= 4 is 25.7 Å². The van der Waals surface area contributed by atoms with E-state index in [1.807, 2.05) is 0 Å². The van der Waals surface area contributed by atoms with Crippen molar-refractivity contribution in [3.05, 3.63) is 59.7 Å². The molecule has 0 fully saturated rings. The SMILES string of the molecule is C[SiH]C.C[Si](C)(C)C[c-]1cccc1.C[Si](C)(C)C[c-]1cccc1.[Hf]. The van der Waals surface area contributed by atoms with E-state index in [1.54, 1.807) is 0 Å². The summed E-state index contributed by atoms with van der Waals surface area (Å²) < 4.78 is 0. The van der Waals surface area contributed by atoms with Crippen LogP contribution in [0, 0.1) is 0 Å². The molecule has 2 rings (SSSR count). The molecule has 24 heavy (non-hydrogen) atoms. The molecule has 0 aliphatic carbocycles. The van der Waals surface area contributed by atoms with Crippen molar-refractivity contribution in [2.75, 3.05) is 0 Å². The largest absolute Gasteiger partial charge is 0.213 e. The van der Waals surface area contributed by atoms with Crippen LogP contribution in [-0.4, -0.2) is 25.7 Å². The van der Waals surface area contributed by atoms with E-state index in [0.717, 1.165) is 9.52 Å². The number of hydrogen-bond donors (Lipinski definition) is 0. The van der Waals surface area contributed by atoms with Gasteiger partial charge in [0.2, 0.25) is 0 Å². The quantitative estimate of drug-likeness (QED) is 0.322. The van der Waals surface area contributed by atoms with Gasteiger partial charge in [0.1, 0.15) is 0 Å². The standard InChI is InChI=1S/2C9H15Si.C2H7Si.Hf/c2*1-10(2,3)8-9-6-4-5-7-9;1-3-2;/h2*4-7H,8H2,1-3H3;3H,1-2H3;/q2*-1;;. The van der Waals surface area contributed by atoms with E-state index in [1.165, 1.54) is 23.2 Å². The normalized spacial score (nSPS) is 10.7. The minimum Gasteiger partial charge on any atom is -0.213 e. The van der Waals surface area contributed by atoms with Crippen molar-refractivity contribution in [2.24, 2.45) is 0 Å². The summed E-state index contributed by atoms with van der Waals surface area (Å²) in [6.45, 7) is 18.8. The van der Waals surface area contributed by atoms with Gasteiger partial charge in [-0.3, -0.25) is 0 Å². The summed E-state index contributed by atoms with van der Waals surface area (Å²) in [5.74, 6) is 0. The Morgan fingerprint density at radius 3 is 1.00 bits per heavy atom. The van der Waals surface area contributed by atoms with Crippen molar-refractivity contribution in [2.45, 2.75) is 64.5 Å². The van der Waals surface area contributed by atoms with E-state index in [2.05, 4.69) is 101 Å². The van der Waals surface area contributed by atoms with Crippen LogP contribution in [0.4, 0.5) is 0 Å². The van der Waals surface area contributed by atoms with Crippen molar-refractivity contribution < 1.29 is 25.8 Å². The van der Waals surface area contributed by atoms with Gasteiger partial charge in [0.05, 0.1) is 0 Å². The summed E-state index contributed by atoms with van der Waals surface area (Å²) in [6, 6.07) is 20.0. The molecule has 0 spiro atoms. The molecular weight excluding hydrogens is 503 g/mol. The van der Waals surface area contributed by atoms with Crippen molar-refractivity contribution in [1.29, 1.82) is 0 Å². The van der Waals surface area contributed by atoms with E-state index in [4.69, 9.17) is 0 Å². The first-order valence-corrected chi connectivity index (χ1v) is 18.4. The first kappa shape index (κ1) is 26.4. The molecule has 4 heteroatoms. The van der Waals surface area contributed by atoms with E-state index >= 15 is 0 Å². The summed E-state index contributed by atoms with van der Waals surface area (Å²) in [7, 11) is -0.974.